The molecule has 1 atom stereocenters. The minimum absolute atomic E-state index is 0.351. The van der Waals surface area contributed by atoms with Crippen molar-refractivity contribution in [2.45, 2.75) is 25.9 Å². The third kappa shape index (κ3) is 2.20. The summed E-state index contributed by atoms with van der Waals surface area (Å²) in [5.41, 5.74) is -0.414. The summed E-state index contributed by atoms with van der Waals surface area (Å²) in [6.45, 7) is 1.96. The van der Waals surface area contributed by atoms with Crippen molar-refractivity contribution >= 4 is 0 Å². The fourth-order valence-corrected chi connectivity index (χ4v) is 1.00. The molecule has 0 saturated carbocycles. The molecule has 1 heterocycles. The van der Waals surface area contributed by atoms with E-state index in [-0.39, 0.29) is 0 Å². The topological polar surface area (TPSA) is 50.4 Å². The van der Waals surface area contributed by atoms with Gasteiger partial charge in [-0.25, -0.2) is 4.79 Å². The molecule has 12 heavy (non-hydrogen) atoms. The van der Waals surface area contributed by atoms with Crippen LogP contribution in [0, 0.1) is 0 Å². The predicted molar refractivity (Wildman–Crippen MR) is 44.8 cm³/mol. The van der Waals surface area contributed by atoms with Gasteiger partial charge in [0.05, 0.1) is 0 Å². The van der Waals surface area contributed by atoms with Gasteiger partial charge in [0.1, 0.15) is 11.9 Å². The number of rotatable bonds is 3. The Balaban J connectivity index is 2.80. The van der Waals surface area contributed by atoms with Crippen molar-refractivity contribution in [1.29, 1.82) is 0 Å². The second-order valence-electron chi connectivity index (χ2n) is 2.65. The average Bonchev–Trinajstić information content (AvgIpc) is 2.05. The minimum atomic E-state index is -0.649. The number of hydrogen-bond donors (Lipinski definition) is 1. The van der Waals surface area contributed by atoms with Crippen LogP contribution in [0.15, 0.2) is 27.4 Å². The Morgan fingerprint density at radius 3 is 2.92 bits per heavy atom. The number of hydrogen-bond acceptors (Lipinski definition) is 3. The molecule has 1 aromatic heterocycles. The van der Waals surface area contributed by atoms with Crippen LogP contribution in [-0.2, 0) is 0 Å². The molecule has 0 radical (unpaired) electrons. The quantitative estimate of drug-likeness (QED) is 0.743. The maximum Gasteiger partial charge on any atom is 0.335 e. The van der Waals surface area contributed by atoms with Gasteiger partial charge in [-0.05, 0) is 12.5 Å². The smallest absolute Gasteiger partial charge is 0.335 e. The average molecular weight is 168 g/mol. The van der Waals surface area contributed by atoms with Gasteiger partial charge in [-0.1, -0.05) is 19.4 Å². The van der Waals surface area contributed by atoms with Gasteiger partial charge in [0.25, 0.3) is 0 Å². The highest BCUT2D eigenvalue weighted by Gasteiger charge is 2.07. The molecule has 1 unspecified atom stereocenters. The summed E-state index contributed by atoms with van der Waals surface area (Å²) in [6, 6.07) is 4.52. The monoisotopic (exact) mass is 168 g/mol. The largest absolute Gasteiger partial charge is 0.425 e. The Labute approximate surface area is 70.7 Å². The first kappa shape index (κ1) is 9.00. The van der Waals surface area contributed by atoms with Crippen molar-refractivity contribution < 1.29 is 9.52 Å². The van der Waals surface area contributed by atoms with Crippen molar-refractivity contribution in [3.8, 4) is 0 Å². The van der Waals surface area contributed by atoms with Gasteiger partial charge < -0.3 is 9.52 Å². The van der Waals surface area contributed by atoms with E-state index in [0.717, 1.165) is 6.42 Å². The Bertz CT molecular complexity index is 290. The molecule has 66 valence electrons. The zero-order chi connectivity index (χ0) is 8.97. The summed E-state index contributed by atoms with van der Waals surface area (Å²) in [7, 11) is 0. The lowest BCUT2D eigenvalue weighted by atomic mass is 10.1. The van der Waals surface area contributed by atoms with Gasteiger partial charge in [0.2, 0.25) is 0 Å². The summed E-state index contributed by atoms with van der Waals surface area (Å²) in [6.07, 6.45) is 0.830. The van der Waals surface area contributed by atoms with E-state index in [0.29, 0.717) is 12.2 Å². The van der Waals surface area contributed by atoms with E-state index in [1.807, 2.05) is 6.92 Å². The molecule has 0 aromatic carbocycles. The van der Waals surface area contributed by atoms with Crippen molar-refractivity contribution in [3.63, 3.8) is 0 Å². The van der Waals surface area contributed by atoms with Crippen molar-refractivity contribution in [1.82, 2.24) is 0 Å². The van der Waals surface area contributed by atoms with Crippen LogP contribution < -0.4 is 5.63 Å². The zero-order valence-electron chi connectivity index (χ0n) is 6.99. The summed E-state index contributed by atoms with van der Waals surface area (Å²) in [5, 5.41) is 9.41. The molecule has 3 heteroatoms. The first-order valence-corrected chi connectivity index (χ1v) is 4.02. The Hall–Kier alpha value is -1.09. The van der Waals surface area contributed by atoms with Crippen LogP contribution >= 0.6 is 0 Å². The van der Waals surface area contributed by atoms with Crippen LogP contribution in [-0.4, -0.2) is 5.11 Å². The van der Waals surface area contributed by atoms with E-state index in [1.54, 1.807) is 12.1 Å². The molecule has 0 aliphatic heterocycles. The molecule has 0 bridgehead atoms. The highest BCUT2D eigenvalue weighted by molar-refractivity contribution is 5.01. The van der Waals surface area contributed by atoms with E-state index >= 15 is 0 Å². The van der Waals surface area contributed by atoms with Gasteiger partial charge >= 0.3 is 5.63 Å². The summed E-state index contributed by atoms with van der Waals surface area (Å²) < 4.78 is 4.79. The van der Waals surface area contributed by atoms with Crippen LogP contribution in [0.25, 0.3) is 0 Å². The van der Waals surface area contributed by atoms with E-state index in [9.17, 15) is 9.90 Å². The molecule has 1 N–H and O–H groups in total. The maximum atomic E-state index is 10.7. The lowest BCUT2D eigenvalue weighted by molar-refractivity contribution is 0.135. The van der Waals surface area contributed by atoms with Gasteiger partial charge in [-0.15, -0.1) is 0 Å². The molecule has 0 aliphatic rings. The molecule has 1 rings (SSSR count). The Kier molecular flexibility index (Phi) is 3.05. The first-order valence-electron chi connectivity index (χ1n) is 4.02. The molecule has 1 aromatic rings. The van der Waals surface area contributed by atoms with Gasteiger partial charge in [0, 0.05) is 6.07 Å². The maximum absolute atomic E-state index is 10.7. The lowest BCUT2D eigenvalue weighted by Gasteiger charge is -2.05. The third-order valence-electron chi connectivity index (χ3n) is 1.60. The molecular weight excluding hydrogens is 156 g/mol. The molecule has 3 nitrogen and oxygen atoms in total. The van der Waals surface area contributed by atoms with Crippen LogP contribution in [0.5, 0.6) is 0 Å². The zero-order valence-corrected chi connectivity index (χ0v) is 6.99. The Morgan fingerprint density at radius 2 is 2.33 bits per heavy atom. The van der Waals surface area contributed by atoms with Crippen molar-refractivity contribution in [2.24, 2.45) is 0 Å². The van der Waals surface area contributed by atoms with Crippen LogP contribution in [0.4, 0.5) is 0 Å². The second kappa shape index (κ2) is 4.07. The standard InChI is InChI=1S/C9H12O3/c1-2-4-7(10)8-5-3-6-9(11)12-8/h3,5-7,10H,2,4H2,1H3. The summed E-state index contributed by atoms with van der Waals surface area (Å²) >= 11 is 0. The van der Waals surface area contributed by atoms with Gasteiger partial charge in [-0.2, -0.15) is 0 Å². The highest BCUT2D eigenvalue weighted by Crippen LogP contribution is 2.15. The first-order chi connectivity index (χ1) is 5.74. The van der Waals surface area contributed by atoms with E-state index in [4.69, 9.17) is 4.42 Å². The number of aliphatic hydroxyl groups is 1. The highest BCUT2D eigenvalue weighted by atomic mass is 16.4. The predicted octanol–water partition coefficient (Wildman–Crippen LogP) is 1.47. The van der Waals surface area contributed by atoms with E-state index in [2.05, 4.69) is 0 Å². The van der Waals surface area contributed by atoms with Gasteiger partial charge in [-0.3, -0.25) is 0 Å². The van der Waals surface area contributed by atoms with Crippen LogP contribution in [0.3, 0.4) is 0 Å². The third-order valence-corrected chi connectivity index (χ3v) is 1.60. The summed E-state index contributed by atoms with van der Waals surface area (Å²) in [5.74, 6) is 0.351. The molecule has 0 saturated heterocycles. The van der Waals surface area contributed by atoms with Crippen LogP contribution in [0.1, 0.15) is 31.6 Å². The van der Waals surface area contributed by atoms with E-state index < -0.39 is 11.7 Å². The fraction of sp³-hybridized carbons (Fsp3) is 0.444. The number of aliphatic hydroxyl groups excluding tert-OH is 1. The molecule has 0 amide bonds. The minimum Gasteiger partial charge on any atom is -0.425 e. The Morgan fingerprint density at radius 1 is 1.58 bits per heavy atom. The van der Waals surface area contributed by atoms with E-state index in [1.165, 1.54) is 6.07 Å². The lowest BCUT2D eigenvalue weighted by Crippen LogP contribution is -2.03. The summed E-state index contributed by atoms with van der Waals surface area (Å²) in [4.78, 5) is 10.7. The van der Waals surface area contributed by atoms with Gasteiger partial charge in [0.15, 0.2) is 0 Å². The van der Waals surface area contributed by atoms with Crippen LogP contribution in [0.2, 0.25) is 0 Å². The normalized spacial score (nSPS) is 12.8. The second-order valence-corrected chi connectivity index (χ2v) is 2.65. The SMILES string of the molecule is CCCC(O)c1cccc(=O)o1. The fourth-order valence-electron chi connectivity index (χ4n) is 1.00. The molecule has 0 fully saturated rings. The van der Waals surface area contributed by atoms with Crippen molar-refractivity contribution in [3.05, 3.63) is 34.4 Å². The molecular formula is C9H12O3. The van der Waals surface area contributed by atoms with Crippen molar-refractivity contribution in [2.75, 3.05) is 0 Å². The molecule has 0 spiro atoms. The molecule has 0 aliphatic carbocycles.